The first-order valence-corrected chi connectivity index (χ1v) is 2.32. The van der Waals surface area contributed by atoms with Crippen molar-refractivity contribution in [3.05, 3.63) is 10.1 Å². The van der Waals surface area contributed by atoms with Crippen LogP contribution in [0.15, 0.2) is 0 Å². The van der Waals surface area contributed by atoms with Gasteiger partial charge < -0.3 is 5.73 Å². The molecule has 0 aromatic carbocycles. The van der Waals surface area contributed by atoms with Gasteiger partial charge in [-0.1, -0.05) is 4.99 Å². The Balaban J connectivity index is 3.50. The van der Waals surface area contributed by atoms with Gasteiger partial charge in [-0.15, -0.1) is 10.1 Å². The Labute approximate surface area is 55.7 Å². The molecule has 10 heavy (non-hydrogen) atoms. The quantitative estimate of drug-likeness (QED) is 0.314. The molecule has 7 heteroatoms. The summed E-state index contributed by atoms with van der Waals surface area (Å²) in [6, 6.07) is -0.931. The smallest absolute Gasteiger partial charge is 0.319 e. The Morgan fingerprint density at radius 2 is 2.30 bits per heavy atom. The minimum absolute atomic E-state index is 0.931. The summed E-state index contributed by atoms with van der Waals surface area (Å²) < 4.78 is 0. The van der Waals surface area contributed by atoms with E-state index in [9.17, 15) is 14.9 Å². The molecule has 0 saturated heterocycles. The summed E-state index contributed by atoms with van der Waals surface area (Å²) in [5, 5.41) is 8.14. The maximum Gasteiger partial charge on any atom is 0.359 e. The maximum atomic E-state index is 10.3. The number of carbonyl (C=O) groups excluding carboxylic acids is 1. The van der Waals surface area contributed by atoms with E-state index < -0.39 is 17.1 Å². The third kappa shape index (κ3) is 3.61. The van der Waals surface area contributed by atoms with Gasteiger partial charge in [0.05, 0.1) is 0 Å². The van der Waals surface area contributed by atoms with E-state index in [4.69, 9.17) is 5.73 Å². The van der Waals surface area contributed by atoms with E-state index >= 15 is 0 Å². The second-order valence-corrected chi connectivity index (χ2v) is 1.49. The topological polar surface area (TPSA) is 105 Å². The first-order valence-electron chi connectivity index (χ1n) is 2.32. The summed E-state index contributed by atoms with van der Waals surface area (Å²) in [6.45, 7) is 1.31. The van der Waals surface area contributed by atoms with Crippen molar-refractivity contribution in [2.24, 2.45) is 5.73 Å². The molecule has 1 atom stereocenters. The largest absolute Gasteiger partial charge is 0.359 e. The first-order chi connectivity index (χ1) is 4.54. The van der Waals surface area contributed by atoms with Crippen LogP contribution < -0.4 is 5.73 Å². The van der Waals surface area contributed by atoms with Crippen LogP contribution in [0.2, 0.25) is 0 Å². The summed E-state index contributed by atoms with van der Waals surface area (Å²) in [4.78, 5) is 26.5. The number of carbonyl (C=O) groups is 1. The van der Waals surface area contributed by atoms with E-state index in [0.29, 0.717) is 0 Å². The van der Waals surface area contributed by atoms with Crippen molar-refractivity contribution < 1.29 is 19.8 Å². The van der Waals surface area contributed by atoms with Gasteiger partial charge in [-0.25, -0.2) is 4.79 Å². The van der Waals surface area contributed by atoms with Gasteiger partial charge in [-0.3, -0.25) is 4.89 Å². The standard InChI is InChI=1S/C3H6N2O5/c1-2(4)3(6)9-10-5(7)8/h2H,4H2,1H3. The van der Waals surface area contributed by atoms with Crippen molar-refractivity contribution in [3.8, 4) is 0 Å². The number of nitrogens with zero attached hydrogens (tertiary/aromatic N) is 1. The second-order valence-electron chi connectivity index (χ2n) is 1.49. The van der Waals surface area contributed by atoms with Gasteiger partial charge in [0, 0.05) is 0 Å². The van der Waals surface area contributed by atoms with Crippen LogP contribution in [0.5, 0.6) is 0 Å². The van der Waals surface area contributed by atoms with Gasteiger partial charge in [0.1, 0.15) is 6.04 Å². The van der Waals surface area contributed by atoms with Crippen LogP contribution in [-0.2, 0) is 14.7 Å². The number of nitrogens with two attached hydrogens (primary N) is 1. The van der Waals surface area contributed by atoms with Crippen molar-refractivity contribution in [2.45, 2.75) is 13.0 Å². The minimum atomic E-state index is -1.25. The first kappa shape index (κ1) is 8.63. The van der Waals surface area contributed by atoms with Crippen LogP contribution in [0.3, 0.4) is 0 Å². The molecule has 2 N–H and O–H groups in total. The Kier molecular flexibility index (Phi) is 3.12. The summed E-state index contributed by atoms with van der Waals surface area (Å²) in [6.07, 6.45) is 0. The lowest BCUT2D eigenvalue weighted by Crippen LogP contribution is -2.29. The maximum absolute atomic E-state index is 10.3. The highest BCUT2D eigenvalue weighted by atomic mass is 17.3. The highest BCUT2D eigenvalue weighted by Gasteiger charge is 2.11. The third-order valence-electron chi connectivity index (χ3n) is 0.552. The van der Waals surface area contributed by atoms with Crippen molar-refractivity contribution in [2.75, 3.05) is 0 Å². The molecule has 0 rings (SSSR count). The van der Waals surface area contributed by atoms with Crippen LogP contribution in [0.4, 0.5) is 0 Å². The Bertz CT molecular complexity index is 144. The van der Waals surface area contributed by atoms with E-state index in [2.05, 4.69) is 9.88 Å². The van der Waals surface area contributed by atoms with E-state index in [0.717, 1.165) is 0 Å². The van der Waals surface area contributed by atoms with Crippen LogP contribution in [-0.4, -0.2) is 17.1 Å². The predicted molar refractivity (Wildman–Crippen MR) is 27.8 cm³/mol. The molecule has 0 heterocycles. The normalized spacial score (nSPS) is 11.8. The molecule has 0 aliphatic carbocycles. The van der Waals surface area contributed by atoms with Crippen molar-refractivity contribution in [3.63, 3.8) is 0 Å². The molecule has 0 fully saturated rings. The van der Waals surface area contributed by atoms with Crippen molar-refractivity contribution in [1.29, 1.82) is 0 Å². The molecule has 0 aliphatic rings. The highest BCUT2D eigenvalue weighted by Crippen LogP contribution is 1.84. The molecule has 0 spiro atoms. The Morgan fingerprint density at radius 1 is 1.80 bits per heavy atom. The van der Waals surface area contributed by atoms with E-state index in [1.165, 1.54) is 6.92 Å². The molecule has 0 amide bonds. The van der Waals surface area contributed by atoms with Crippen LogP contribution in [0.25, 0.3) is 0 Å². The predicted octanol–water partition coefficient (Wildman–Crippen LogP) is -1.000. The fraction of sp³-hybridized carbons (Fsp3) is 0.667. The number of hydrogen-bond donors (Lipinski definition) is 1. The van der Waals surface area contributed by atoms with E-state index in [1.807, 2.05) is 0 Å². The van der Waals surface area contributed by atoms with Gasteiger partial charge in [-0.2, -0.15) is 0 Å². The Hall–Kier alpha value is -1.37. The molecule has 0 saturated carbocycles. The highest BCUT2D eigenvalue weighted by molar-refractivity contribution is 5.74. The average molecular weight is 150 g/mol. The Morgan fingerprint density at radius 3 is 2.60 bits per heavy atom. The van der Waals surface area contributed by atoms with Gasteiger partial charge in [0.2, 0.25) is 0 Å². The zero-order valence-corrected chi connectivity index (χ0v) is 5.14. The molecule has 58 valence electrons. The van der Waals surface area contributed by atoms with Gasteiger partial charge in [0.25, 0.3) is 0 Å². The van der Waals surface area contributed by atoms with E-state index in [1.54, 1.807) is 0 Å². The van der Waals surface area contributed by atoms with Crippen LogP contribution >= 0.6 is 0 Å². The lowest BCUT2D eigenvalue weighted by atomic mass is 10.4. The summed E-state index contributed by atoms with van der Waals surface area (Å²) in [5.74, 6) is -0.989. The molecule has 7 nitrogen and oxygen atoms in total. The van der Waals surface area contributed by atoms with Crippen molar-refractivity contribution >= 4 is 5.97 Å². The lowest BCUT2D eigenvalue weighted by Gasteiger charge is -2.00. The molecule has 1 unspecified atom stereocenters. The molecular weight excluding hydrogens is 144 g/mol. The molecule has 0 radical (unpaired) electrons. The molecule has 0 aromatic rings. The van der Waals surface area contributed by atoms with Crippen LogP contribution in [0.1, 0.15) is 6.92 Å². The zero-order valence-electron chi connectivity index (χ0n) is 5.14. The monoisotopic (exact) mass is 150 g/mol. The minimum Gasteiger partial charge on any atom is -0.319 e. The van der Waals surface area contributed by atoms with Gasteiger partial charge >= 0.3 is 11.1 Å². The number of hydrogen-bond acceptors (Lipinski definition) is 6. The third-order valence-corrected chi connectivity index (χ3v) is 0.552. The molecular formula is C3H6N2O5. The fourth-order valence-corrected chi connectivity index (χ4v) is 0.143. The van der Waals surface area contributed by atoms with Crippen LogP contribution in [0, 0.1) is 10.1 Å². The number of rotatable bonds is 3. The van der Waals surface area contributed by atoms with Gasteiger partial charge in [0.15, 0.2) is 0 Å². The fourth-order valence-electron chi connectivity index (χ4n) is 0.143. The average Bonchev–Trinajstić information content (AvgIpc) is 1.82. The molecule has 0 aromatic heterocycles. The zero-order chi connectivity index (χ0) is 8.15. The van der Waals surface area contributed by atoms with Crippen molar-refractivity contribution in [1.82, 2.24) is 0 Å². The van der Waals surface area contributed by atoms with E-state index in [-0.39, 0.29) is 0 Å². The molecule has 0 bridgehead atoms. The molecule has 0 aliphatic heterocycles. The lowest BCUT2D eigenvalue weighted by molar-refractivity contribution is -0.839. The summed E-state index contributed by atoms with van der Waals surface area (Å²) in [7, 11) is 0. The SMILES string of the molecule is CC(N)C(=O)OO[N+](=O)[O-]. The van der Waals surface area contributed by atoms with Gasteiger partial charge in [-0.05, 0) is 6.92 Å². The summed E-state index contributed by atoms with van der Waals surface area (Å²) >= 11 is 0. The summed E-state index contributed by atoms with van der Waals surface area (Å²) in [5.41, 5.74) is 4.95. The second kappa shape index (κ2) is 3.62.